The number of carbonyl (C=O) groups is 2. The highest BCUT2D eigenvalue weighted by molar-refractivity contribution is 6.07. The molecule has 242 valence electrons. The molecule has 0 aliphatic rings. The van der Waals surface area contributed by atoms with Crippen molar-refractivity contribution >= 4 is 56.6 Å². The predicted molar refractivity (Wildman–Crippen MR) is 193 cm³/mol. The molecule has 0 saturated heterocycles. The fourth-order valence-corrected chi connectivity index (χ4v) is 5.70. The number of aryl methyl sites for hydroxylation is 4. The quantitative estimate of drug-likeness (QED) is 0.122. The summed E-state index contributed by atoms with van der Waals surface area (Å²) in [6.45, 7) is 11.6. The number of nitrogens with one attached hydrogen (secondary N) is 2. The van der Waals surface area contributed by atoms with Gasteiger partial charge in [-0.3, -0.25) is 9.59 Å². The van der Waals surface area contributed by atoms with Crippen molar-refractivity contribution < 1.29 is 18.4 Å². The fraction of sp³-hybridized carbons (Fsp3) is 0.200. The number of amides is 2. The van der Waals surface area contributed by atoms with Crippen LogP contribution >= 0.6 is 0 Å². The summed E-state index contributed by atoms with van der Waals surface area (Å²) in [7, 11) is 0. The third-order valence-electron chi connectivity index (χ3n) is 8.25. The summed E-state index contributed by atoms with van der Waals surface area (Å²) in [6.07, 6.45) is 0.190. The van der Waals surface area contributed by atoms with E-state index in [0.717, 1.165) is 55.5 Å². The Balaban J connectivity index is 1.32. The van der Waals surface area contributed by atoms with Crippen LogP contribution in [0.2, 0.25) is 0 Å². The first kappa shape index (κ1) is 32.2. The number of hydrogen-bond acceptors (Lipinski definition) is 6. The molecule has 0 spiro atoms. The highest BCUT2D eigenvalue weighted by atomic mass is 16.3. The highest BCUT2D eigenvalue weighted by Gasteiger charge is 2.22. The molecule has 2 aromatic heterocycles. The molecule has 2 heterocycles. The zero-order valence-corrected chi connectivity index (χ0v) is 28.0. The van der Waals surface area contributed by atoms with Crippen LogP contribution in [-0.4, -0.2) is 23.2 Å². The van der Waals surface area contributed by atoms with Gasteiger partial charge in [0.05, 0.1) is 12.8 Å². The molecular formula is C40H38N4O4. The molecule has 0 bridgehead atoms. The van der Waals surface area contributed by atoms with Gasteiger partial charge in [-0.15, -0.1) is 0 Å². The minimum absolute atomic E-state index is 0.0952. The SMILES string of the molecule is C/C(=N/N=C(\C)c1oc2cc(C)ccc2c1CC(=O)Nc1ccc(C)cc1)c1oc2cc(C)ccc2c1CC(=O)Nc1ccc(C)cc1. The Morgan fingerprint density at radius 3 is 1.27 bits per heavy atom. The Kier molecular flexibility index (Phi) is 9.08. The molecule has 0 radical (unpaired) electrons. The molecule has 0 saturated carbocycles. The van der Waals surface area contributed by atoms with Gasteiger partial charge in [-0.25, -0.2) is 0 Å². The Bertz CT molecular complexity index is 2060. The summed E-state index contributed by atoms with van der Waals surface area (Å²) in [5.41, 5.74) is 9.60. The average Bonchev–Trinajstić information content (AvgIpc) is 3.59. The van der Waals surface area contributed by atoms with E-state index in [4.69, 9.17) is 8.83 Å². The van der Waals surface area contributed by atoms with E-state index in [-0.39, 0.29) is 24.7 Å². The van der Waals surface area contributed by atoms with Crippen LogP contribution in [0.3, 0.4) is 0 Å². The van der Waals surface area contributed by atoms with Crippen LogP contribution in [-0.2, 0) is 22.4 Å². The molecule has 2 amide bonds. The lowest BCUT2D eigenvalue weighted by molar-refractivity contribution is -0.116. The van der Waals surface area contributed by atoms with Crippen molar-refractivity contribution in [2.45, 2.75) is 54.4 Å². The van der Waals surface area contributed by atoms with E-state index in [1.54, 1.807) is 13.8 Å². The third kappa shape index (κ3) is 7.13. The summed E-state index contributed by atoms with van der Waals surface area (Å²) in [6, 6.07) is 27.2. The van der Waals surface area contributed by atoms with Crippen LogP contribution in [0.4, 0.5) is 11.4 Å². The zero-order chi connectivity index (χ0) is 33.9. The highest BCUT2D eigenvalue weighted by Crippen LogP contribution is 2.30. The predicted octanol–water partition coefficient (Wildman–Crippen LogP) is 9.01. The van der Waals surface area contributed by atoms with E-state index >= 15 is 0 Å². The maximum absolute atomic E-state index is 13.2. The molecule has 0 unspecified atom stereocenters. The maximum Gasteiger partial charge on any atom is 0.228 e. The molecule has 2 N–H and O–H groups in total. The van der Waals surface area contributed by atoms with Gasteiger partial charge in [0.15, 0.2) is 11.5 Å². The van der Waals surface area contributed by atoms with Crippen molar-refractivity contribution in [3.8, 4) is 0 Å². The van der Waals surface area contributed by atoms with Gasteiger partial charge in [0.2, 0.25) is 11.8 Å². The summed E-state index contributed by atoms with van der Waals surface area (Å²) < 4.78 is 12.6. The molecule has 6 aromatic rings. The number of anilines is 2. The number of nitrogens with zero attached hydrogens (tertiary/aromatic N) is 2. The van der Waals surface area contributed by atoms with Crippen LogP contribution in [0.1, 0.15) is 58.7 Å². The standard InChI is InChI=1S/C40H38N4O4/c1-23-7-13-29(14-8-23)41-37(45)21-33-31-17-11-25(3)19-35(31)47-39(33)27(5)43-44-28(6)40-34(32-18-12-26(4)20-36(32)48-40)22-38(46)42-30-15-9-24(2)10-16-30/h7-20H,21-22H2,1-6H3,(H,41,45)(H,42,46)/b43-27-,44-28+. The molecule has 48 heavy (non-hydrogen) atoms. The topological polar surface area (TPSA) is 109 Å². The number of fused-ring (bicyclic) bond motifs is 2. The van der Waals surface area contributed by atoms with Crippen molar-refractivity contribution in [3.05, 3.63) is 130 Å². The Morgan fingerprint density at radius 2 is 0.896 bits per heavy atom. The van der Waals surface area contributed by atoms with Gasteiger partial charge in [0.25, 0.3) is 0 Å². The van der Waals surface area contributed by atoms with Crippen molar-refractivity contribution in [1.29, 1.82) is 0 Å². The van der Waals surface area contributed by atoms with Crippen LogP contribution < -0.4 is 10.6 Å². The monoisotopic (exact) mass is 638 g/mol. The van der Waals surface area contributed by atoms with E-state index in [1.807, 2.05) is 113 Å². The summed E-state index contributed by atoms with van der Waals surface area (Å²) >= 11 is 0. The van der Waals surface area contributed by atoms with E-state index in [2.05, 4.69) is 20.8 Å². The van der Waals surface area contributed by atoms with Crippen LogP contribution in [0.25, 0.3) is 21.9 Å². The summed E-state index contributed by atoms with van der Waals surface area (Å²) in [5, 5.41) is 16.8. The Labute approximate surface area is 279 Å². The maximum atomic E-state index is 13.2. The normalized spacial score (nSPS) is 12.1. The number of hydrogen-bond donors (Lipinski definition) is 2. The van der Waals surface area contributed by atoms with E-state index in [9.17, 15) is 9.59 Å². The molecule has 0 fully saturated rings. The molecule has 0 aliphatic heterocycles. The van der Waals surface area contributed by atoms with Crippen LogP contribution in [0, 0.1) is 27.7 Å². The van der Waals surface area contributed by atoms with Gasteiger partial charge >= 0.3 is 0 Å². The number of rotatable bonds is 9. The molecule has 8 heteroatoms. The number of benzene rings is 4. The minimum Gasteiger partial charge on any atom is -0.454 e. The van der Waals surface area contributed by atoms with E-state index in [1.165, 1.54) is 0 Å². The molecule has 0 atom stereocenters. The lowest BCUT2D eigenvalue weighted by atomic mass is 10.0. The summed E-state index contributed by atoms with van der Waals surface area (Å²) in [5.74, 6) is 0.650. The average molecular weight is 639 g/mol. The second-order valence-electron chi connectivity index (χ2n) is 12.4. The van der Waals surface area contributed by atoms with E-state index in [0.29, 0.717) is 34.1 Å². The van der Waals surface area contributed by atoms with Crippen molar-refractivity contribution in [2.24, 2.45) is 10.2 Å². The first-order valence-corrected chi connectivity index (χ1v) is 15.9. The van der Waals surface area contributed by atoms with Gasteiger partial charge in [0.1, 0.15) is 22.6 Å². The van der Waals surface area contributed by atoms with Gasteiger partial charge in [-0.05, 0) is 89.1 Å². The first-order valence-electron chi connectivity index (χ1n) is 15.9. The van der Waals surface area contributed by atoms with Gasteiger partial charge in [0, 0.05) is 33.3 Å². The van der Waals surface area contributed by atoms with Crippen molar-refractivity contribution in [3.63, 3.8) is 0 Å². The molecule has 0 aliphatic carbocycles. The fourth-order valence-electron chi connectivity index (χ4n) is 5.70. The van der Waals surface area contributed by atoms with Gasteiger partial charge < -0.3 is 19.5 Å². The van der Waals surface area contributed by atoms with Crippen LogP contribution in [0.5, 0.6) is 0 Å². The molecule has 4 aromatic carbocycles. The van der Waals surface area contributed by atoms with E-state index < -0.39 is 0 Å². The first-order chi connectivity index (χ1) is 23.0. The lowest BCUT2D eigenvalue weighted by Crippen LogP contribution is -2.16. The molecule has 6 rings (SSSR count). The Morgan fingerprint density at radius 1 is 0.542 bits per heavy atom. The lowest BCUT2D eigenvalue weighted by Gasteiger charge is -2.07. The van der Waals surface area contributed by atoms with Crippen molar-refractivity contribution in [2.75, 3.05) is 10.6 Å². The smallest absolute Gasteiger partial charge is 0.228 e. The minimum atomic E-state index is -0.165. The second kappa shape index (κ2) is 13.5. The van der Waals surface area contributed by atoms with Crippen LogP contribution in [0.15, 0.2) is 104 Å². The molecular weight excluding hydrogens is 600 g/mol. The van der Waals surface area contributed by atoms with Gasteiger partial charge in [-0.1, -0.05) is 59.7 Å². The third-order valence-corrected chi connectivity index (χ3v) is 8.25. The molecule has 8 nitrogen and oxygen atoms in total. The van der Waals surface area contributed by atoms with Crippen molar-refractivity contribution in [1.82, 2.24) is 0 Å². The second-order valence-corrected chi connectivity index (χ2v) is 12.4. The number of carbonyl (C=O) groups excluding carboxylic acids is 2. The zero-order valence-electron chi connectivity index (χ0n) is 28.0. The summed E-state index contributed by atoms with van der Waals surface area (Å²) in [4.78, 5) is 26.4. The Hall–Kier alpha value is -5.76. The van der Waals surface area contributed by atoms with Gasteiger partial charge in [-0.2, -0.15) is 10.2 Å². The number of furan rings is 2. The largest absolute Gasteiger partial charge is 0.454 e.